The largest absolute Gasteiger partial charge is 0.371 e. The van der Waals surface area contributed by atoms with Gasteiger partial charge in [0, 0.05) is 28.4 Å². The number of nitrogens with one attached hydrogen (secondary N) is 2. The molecule has 0 aliphatic heterocycles. The number of H-pyrrole nitrogens is 1. The van der Waals surface area contributed by atoms with Crippen molar-refractivity contribution in [3.05, 3.63) is 114 Å². The van der Waals surface area contributed by atoms with E-state index in [9.17, 15) is 4.79 Å². The topological polar surface area (TPSA) is 44.9 Å². The van der Waals surface area contributed by atoms with Gasteiger partial charge in [0.05, 0.1) is 0 Å². The van der Waals surface area contributed by atoms with Crippen LogP contribution in [-0.4, -0.2) is 16.8 Å². The first-order valence-corrected chi connectivity index (χ1v) is 8.96. The molecule has 0 fully saturated rings. The van der Waals surface area contributed by atoms with Gasteiger partial charge in [0.2, 0.25) is 0 Å². The Kier molecular flexibility index (Phi) is 4.84. The Morgan fingerprint density at radius 3 is 2.48 bits per heavy atom. The average Bonchev–Trinajstić information content (AvgIpc) is 3.11. The van der Waals surface area contributed by atoms with Crippen LogP contribution in [0.2, 0.25) is 0 Å². The van der Waals surface area contributed by atoms with Crippen molar-refractivity contribution >= 4 is 22.4 Å². The summed E-state index contributed by atoms with van der Waals surface area (Å²) < 4.78 is 0. The molecule has 0 spiro atoms. The molecule has 1 aliphatic rings. The van der Waals surface area contributed by atoms with Gasteiger partial charge in [-0.3, -0.25) is 4.79 Å². The number of anilines is 1. The molecular formula is C24H20N2O. The maximum absolute atomic E-state index is 13.5. The fourth-order valence-electron chi connectivity index (χ4n) is 3.21. The van der Waals surface area contributed by atoms with Crippen molar-refractivity contribution in [2.45, 2.75) is 6.04 Å². The van der Waals surface area contributed by atoms with Crippen molar-refractivity contribution in [2.75, 3.05) is 5.32 Å². The second kappa shape index (κ2) is 7.75. The lowest BCUT2D eigenvalue weighted by Crippen LogP contribution is -2.31. The number of rotatable bonds is 5. The molecule has 3 heteroatoms. The first-order valence-electron chi connectivity index (χ1n) is 8.96. The summed E-state index contributed by atoms with van der Waals surface area (Å²) >= 11 is 0. The normalized spacial score (nSPS) is 19.9. The van der Waals surface area contributed by atoms with Crippen LogP contribution >= 0.6 is 0 Å². The van der Waals surface area contributed by atoms with E-state index in [4.69, 9.17) is 0 Å². The molecule has 2 aromatic carbocycles. The number of ketones is 1. The fraction of sp³-hybridized carbons (Fsp3) is 0.0417. The molecule has 1 aliphatic carbocycles. The summed E-state index contributed by atoms with van der Waals surface area (Å²) in [5, 5.41) is 4.35. The van der Waals surface area contributed by atoms with Crippen LogP contribution in [0.25, 0.3) is 10.9 Å². The lowest BCUT2D eigenvalue weighted by atomic mass is 9.95. The molecule has 0 radical (unpaired) electrons. The number of aromatic amines is 1. The summed E-state index contributed by atoms with van der Waals surface area (Å²) in [4.78, 5) is 16.7. The smallest absolute Gasteiger partial charge is 0.191 e. The Bertz CT molecular complexity index is 1070. The highest BCUT2D eigenvalue weighted by Gasteiger charge is 2.25. The molecule has 0 saturated heterocycles. The molecule has 3 aromatic rings. The van der Waals surface area contributed by atoms with E-state index in [-0.39, 0.29) is 5.78 Å². The van der Waals surface area contributed by atoms with Crippen LogP contribution in [0.15, 0.2) is 109 Å². The lowest BCUT2D eigenvalue weighted by molar-refractivity contribution is 0.0984. The number of aromatic nitrogens is 1. The number of carbonyl (C=O) groups excluding carboxylic acids is 1. The number of benzene rings is 2. The number of para-hydroxylation sites is 2. The number of allylic oxidation sites excluding steroid dienone is 6. The van der Waals surface area contributed by atoms with Gasteiger partial charge in [0.25, 0.3) is 0 Å². The second-order valence-corrected chi connectivity index (χ2v) is 6.35. The summed E-state index contributed by atoms with van der Waals surface area (Å²) in [6.07, 6.45) is 15.6. The number of carbonyl (C=O) groups is 1. The fourth-order valence-corrected chi connectivity index (χ4v) is 3.21. The predicted molar refractivity (Wildman–Crippen MR) is 112 cm³/mol. The van der Waals surface area contributed by atoms with Gasteiger partial charge in [0.1, 0.15) is 6.04 Å². The molecular weight excluding hydrogens is 332 g/mol. The van der Waals surface area contributed by atoms with Crippen LogP contribution in [0.3, 0.4) is 0 Å². The van der Waals surface area contributed by atoms with Crippen LogP contribution in [0.5, 0.6) is 0 Å². The van der Waals surface area contributed by atoms with Crippen molar-refractivity contribution in [3.63, 3.8) is 0 Å². The van der Waals surface area contributed by atoms with E-state index in [1.807, 2.05) is 97.1 Å². The monoisotopic (exact) mass is 352 g/mol. The lowest BCUT2D eigenvalue weighted by Gasteiger charge is -2.20. The summed E-state index contributed by atoms with van der Waals surface area (Å²) in [5.41, 5.74) is 3.47. The minimum Gasteiger partial charge on any atom is -0.371 e. The molecule has 27 heavy (non-hydrogen) atoms. The Balaban J connectivity index is 1.76. The van der Waals surface area contributed by atoms with Gasteiger partial charge in [-0.2, -0.15) is 0 Å². The minimum absolute atomic E-state index is 0.0326. The van der Waals surface area contributed by atoms with E-state index in [0.717, 1.165) is 22.2 Å². The van der Waals surface area contributed by atoms with Crippen molar-refractivity contribution in [1.29, 1.82) is 0 Å². The number of hydrogen-bond donors (Lipinski definition) is 2. The number of fused-ring (bicyclic) bond motifs is 1. The van der Waals surface area contributed by atoms with E-state index >= 15 is 0 Å². The van der Waals surface area contributed by atoms with Gasteiger partial charge in [-0.25, -0.2) is 0 Å². The maximum atomic E-state index is 13.5. The van der Waals surface area contributed by atoms with Crippen LogP contribution < -0.4 is 5.32 Å². The summed E-state index contributed by atoms with van der Waals surface area (Å²) in [6.45, 7) is 0. The molecule has 132 valence electrons. The van der Waals surface area contributed by atoms with E-state index in [1.54, 1.807) is 6.20 Å². The summed E-state index contributed by atoms with van der Waals surface area (Å²) in [7, 11) is 0. The van der Waals surface area contributed by atoms with Crippen LogP contribution in [0.1, 0.15) is 10.4 Å². The molecule has 0 bridgehead atoms. The zero-order chi connectivity index (χ0) is 18.5. The highest BCUT2D eigenvalue weighted by Crippen LogP contribution is 2.24. The van der Waals surface area contributed by atoms with Crippen molar-refractivity contribution in [3.8, 4) is 0 Å². The minimum atomic E-state index is -0.487. The van der Waals surface area contributed by atoms with Gasteiger partial charge < -0.3 is 10.3 Å². The van der Waals surface area contributed by atoms with E-state index in [0.29, 0.717) is 5.56 Å². The first-order chi connectivity index (χ1) is 13.3. The quantitative estimate of drug-likeness (QED) is 0.601. The zero-order valence-electron chi connectivity index (χ0n) is 14.8. The molecule has 4 rings (SSSR count). The van der Waals surface area contributed by atoms with Crippen molar-refractivity contribution in [1.82, 2.24) is 4.98 Å². The van der Waals surface area contributed by atoms with E-state index in [2.05, 4.69) is 10.3 Å². The first kappa shape index (κ1) is 16.9. The van der Waals surface area contributed by atoms with Gasteiger partial charge in [-0.05, 0) is 23.8 Å². The third-order valence-corrected chi connectivity index (χ3v) is 4.56. The summed E-state index contributed by atoms with van der Waals surface area (Å²) in [6, 6.07) is 17.2. The molecule has 1 unspecified atom stereocenters. The second-order valence-electron chi connectivity index (χ2n) is 6.35. The molecule has 3 nitrogen and oxygen atoms in total. The Morgan fingerprint density at radius 1 is 0.852 bits per heavy atom. The van der Waals surface area contributed by atoms with Crippen molar-refractivity contribution in [2.24, 2.45) is 0 Å². The zero-order valence-corrected chi connectivity index (χ0v) is 14.8. The van der Waals surface area contributed by atoms with Crippen LogP contribution in [0.4, 0.5) is 5.69 Å². The third kappa shape index (κ3) is 3.67. The molecule has 0 saturated carbocycles. The Morgan fingerprint density at radius 2 is 1.59 bits per heavy atom. The molecule has 1 aromatic heterocycles. The standard InChI is InChI=1S/C24H20N2O/c27-24(21-17-25-22-16-10-9-15-20(21)22)23(26-19-13-7-4-8-14-19)18-11-5-2-1-3-6-12-18/h1-17,23,25-26H/b2-1-,3-1?,5-2?,6-3-,11-5-,12-6?,18-11?,18-12+. The molecule has 1 atom stereocenters. The van der Waals surface area contributed by atoms with Gasteiger partial charge in [-0.15, -0.1) is 0 Å². The Hall–Kier alpha value is -3.59. The van der Waals surface area contributed by atoms with Crippen LogP contribution in [0, 0.1) is 0 Å². The highest BCUT2D eigenvalue weighted by atomic mass is 16.1. The highest BCUT2D eigenvalue weighted by molar-refractivity contribution is 6.12. The summed E-state index contributed by atoms with van der Waals surface area (Å²) in [5.74, 6) is 0.0326. The van der Waals surface area contributed by atoms with E-state index in [1.165, 1.54) is 0 Å². The van der Waals surface area contributed by atoms with Gasteiger partial charge in [-0.1, -0.05) is 78.9 Å². The average molecular weight is 352 g/mol. The SMILES string of the molecule is O=C(c1c[nH]c2ccccc12)C(Nc1ccccc1)C1=C/C=C\C=C/C=C\1. The van der Waals surface area contributed by atoms with E-state index < -0.39 is 6.04 Å². The maximum Gasteiger partial charge on any atom is 0.191 e. The number of Topliss-reactive ketones (excluding diaryl/α,β-unsaturated/α-hetero) is 1. The third-order valence-electron chi connectivity index (χ3n) is 4.56. The van der Waals surface area contributed by atoms with Crippen molar-refractivity contribution < 1.29 is 4.79 Å². The molecule has 2 N–H and O–H groups in total. The number of hydrogen-bond acceptors (Lipinski definition) is 2. The van der Waals surface area contributed by atoms with Crippen LogP contribution in [-0.2, 0) is 0 Å². The molecule has 1 heterocycles. The molecule has 0 amide bonds. The van der Waals surface area contributed by atoms with Gasteiger partial charge in [0.15, 0.2) is 5.78 Å². The predicted octanol–water partition coefficient (Wildman–Crippen LogP) is 5.44. The van der Waals surface area contributed by atoms with Gasteiger partial charge >= 0.3 is 0 Å². The Labute approximate surface area is 158 Å².